The fraction of sp³-hybridized carbons (Fsp3) is 0.444. The largest absolute Gasteiger partial charge is 0.469 e. The summed E-state index contributed by atoms with van der Waals surface area (Å²) in [5.74, 6) is 0.327. The van der Waals surface area contributed by atoms with Gasteiger partial charge in [-0.05, 0) is 11.6 Å². The number of phosphoric acid groups is 2. The number of fused-ring (bicyclic) bond motifs is 1. The monoisotopic (exact) mass is 417 g/mol. The summed E-state index contributed by atoms with van der Waals surface area (Å²) < 4.78 is 31.9. The summed E-state index contributed by atoms with van der Waals surface area (Å²) in [7, 11) is -8.22. The number of aromatic nitrogens is 4. The molecule has 2 aromatic rings. The van der Waals surface area contributed by atoms with Crippen LogP contribution in [-0.4, -0.2) is 58.9 Å². The van der Waals surface area contributed by atoms with E-state index in [-0.39, 0.29) is 17.5 Å². The summed E-state index contributed by atoms with van der Waals surface area (Å²) in [6.45, 7) is -1.06. The first-order valence-electron chi connectivity index (χ1n) is 6.48. The molecule has 5 N–H and O–H groups in total. The van der Waals surface area contributed by atoms with Crippen LogP contribution in [0.25, 0.3) is 11.2 Å². The minimum atomic E-state index is -4.95. The van der Waals surface area contributed by atoms with Gasteiger partial charge in [-0.15, -0.1) is 0 Å². The van der Waals surface area contributed by atoms with E-state index in [1.165, 1.54) is 10.9 Å². The first kappa shape index (κ1) is 20.2. The van der Waals surface area contributed by atoms with Gasteiger partial charge in [-0.2, -0.15) is 9.97 Å². The zero-order chi connectivity index (χ0) is 18.8. The average molecular weight is 418 g/mol. The van der Waals surface area contributed by atoms with Gasteiger partial charge in [0.15, 0.2) is 17.0 Å². The van der Waals surface area contributed by atoms with Crippen molar-refractivity contribution in [1.29, 1.82) is 0 Å². The van der Waals surface area contributed by atoms with Crippen LogP contribution in [0.2, 0.25) is 5.28 Å². The zero-order valence-electron chi connectivity index (χ0n) is 12.6. The highest BCUT2D eigenvalue weighted by Crippen LogP contribution is 2.41. The number of phosphoric ester groups is 2. The van der Waals surface area contributed by atoms with E-state index in [1.807, 2.05) is 0 Å². The zero-order valence-corrected chi connectivity index (χ0v) is 15.1. The summed E-state index contributed by atoms with van der Waals surface area (Å²) >= 11 is 5.81. The predicted octanol–water partition coefficient (Wildman–Crippen LogP) is 0.109. The summed E-state index contributed by atoms with van der Waals surface area (Å²) in [4.78, 5) is 47.3. The second-order valence-corrected chi connectivity index (χ2v) is 7.43. The van der Waals surface area contributed by atoms with Gasteiger partial charge < -0.3 is 29.5 Å². The SMILES string of the molecule is CNc1nc(Cl)nc2c1ncn2C[C@@H](COP(=O)(O)O)OP(=O)(O)O. The number of anilines is 1. The molecule has 2 aromatic heterocycles. The molecule has 0 aliphatic heterocycles. The Balaban J connectivity index is 2.31. The van der Waals surface area contributed by atoms with Crippen LogP contribution in [-0.2, 0) is 24.7 Å². The normalized spacial score (nSPS) is 14.0. The van der Waals surface area contributed by atoms with Crippen LogP contribution < -0.4 is 5.32 Å². The van der Waals surface area contributed by atoms with Gasteiger partial charge >= 0.3 is 15.6 Å². The minimum absolute atomic E-state index is 0.0995. The number of hydrogen-bond acceptors (Lipinski definition) is 8. The molecule has 2 rings (SSSR count). The first-order valence-corrected chi connectivity index (χ1v) is 9.92. The third-order valence-corrected chi connectivity index (χ3v) is 4.02. The fourth-order valence-electron chi connectivity index (χ4n) is 1.94. The highest BCUT2D eigenvalue weighted by atomic mass is 35.5. The molecule has 2 heterocycles. The maximum Gasteiger partial charge on any atom is 0.469 e. The molecule has 140 valence electrons. The molecule has 0 amide bonds. The highest BCUT2D eigenvalue weighted by molar-refractivity contribution is 7.46. The molecule has 0 aromatic carbocycles. The second kappa shape index (κ2) is 7.62. The molecule has 0 aliphatic carbocycles. The van der Waals surface area contributed by atoms with Crippen LogP contribution in [0.15, 0.2) is 6.33 Å². The molecule has 13 nitrogen and oxygen atoms in total. The molecule has 0 aliphatic rings. The Morgan fingerprint density at radius 3 is 2.52 bits per heavy atom. The molecule has 0 saturated heterocycles. The Labute approximate surface area is 145 Å². The molecule has 0 saturated carbocycles. The number of rotatable bonds is 8. The highest BCUT2D eigenvalue weighted by Gasteiger charge is 2.27. The molecule has 25 heavy (non-hydrogen) atoms. The topological polar surface area (TPSA) is 189 Å². The van der Waals surface area contributed by atoms with Crippen molar-refractivity contribution in [3.05, 3.63) is 11.6 Å². The molecule has 1 atom stereocenters. The van der Waals surface area contributed by atoms with Crippen molar-refractivity contribution in [3.8, 4) is 0 Å². The summed E-state index contributed by atoms with van der Waals surface area (Å²) in [5.41, 5.74) is 0.553. The van der Waals surface area contributed by atoms with E-state index in [1.54, 1.807) is 7.05 Å². The van der Waals surface area contributed by atoms with Gasteiger partial charge in [0, 0.05) is 7.05 Å². The number of nitrogens with one attached hydrogen (secondary N) is 1. The quantitative estimate of drug-likeness (QED) is 0.288. The van der Waals surface area contributed by atoms with Gasteiger partial charge in [-0.25, -0.2) is 14.1 Å². The van der Waals surface area contributed by atoms with Crippen molar-refractivity contribution in [1.82, 2.24) is 19.5 Å². The third kappa shape index (κ3) is 5.96. The molecule has 0 spiro atoms. The van der Waals surface area contributed by atoms with Crippen LogP contribution >= 0.6 is 27.2 Å². The lowest BCUT2D eigenvalue weighted by Crippen LogP contribution is -2.24. The van der Waals surface area contributed by atoms with Crippen molar-refractivity contribution in [2.75, 3.05) is 19.0 Å². The van der Waals surface area contributed by atoms with Gasteiger partial charge in [0.25, 0.3) is 0 Å². The smallest absolute Gasteiger partial charge is 0.371 e. The fourth-order valence-corrected chi connectivity index (χ4v) is 2.98. The number of nitrogens with zero attached hydrogens (tertiary/aromatic N) is 4. The Hall–Kier alpha value is -1.14. The Morgan fingerprint density at radius 1 is 1.28 bits per heavy atom. The van der Waals surface area contributed by atoms with E-state index in [0.717, 1.165) is 0 Å². The average Bonchev–Trinajstić information content (AvgIpc) is 2.84. The van der Waals surface area contributed by atoms with E-state index in [0.29, 0.717) is 11.3 Å². The molecule has 0 fully saturated rings. The second-order valence-electron chi connectivity index (χ2n) is 4.66. The van der Waals surface area contributed by atoms with Crippen LogP contribution in [0, 0.1) is 0 Å². The molecule has 16 heteroatoms. The van der Waals surface area contributed by atoms with Gasteiger partial charge in [0.1, 0.15) is 6.10 Å². The number of halogens is 1. The summed E-state index contributed by atoms with van der Waals surface area (Å²) in [6, 6.07) is 0. The Bertz CT molecular complexity index is 850. The Morgan fingerprint density at radius 2 is 1.96 bits per heavy atom. The van der Waals surface area contributed by atoms with E-state index in [2.05, 4.69) is 29.3 Å². The standard InChI is InChI=1S/C9H14ClN5O8P2/c1-11-7-6-8(14-9(10)13-7)15(4-12-6)2-5(23-25(19,20)21)3-22-24(16,17)18/h4-5H,2-3H2,1H3,(H,11,13,14)(H2,16,17,18)(H2,19,20,21)/t5-/m0/s1. The van der Waals surface area contributed by atoms with E-state index in [9.17, 15) is 9.13 Å². The van der Waals surface area contributed by atoms with Gasteiger partial charge in [-0.3, -0.25) is 9.05 Å². The molecule has 0 radical (unpaired) electrons. The minimum Gasteiger partial charge on any atom is -0.371 e. The molecular weight excluding hydrogens is 404 g/mol. The molecule has 0 unspecified atom stereocenters. The van der Waals surface area contributed by atoms with Crippen molar-refractivity contribution < 1.29 is 37.8 Å². The summed E-state index contributed by atoms with van der Waals surface area (Å²) in [6.07, 6.45) is -0.123. The van der Waals surface area contributed by atoms with Crippen molar-refractivity contribution >= 4 is 44.2 Å². The van der Waals surface area contributed by atoms with E-state index < -0.39 is 28.4 Å². The number of hydrogen-bond donors (Lipinski definition) is 5. The van der Waals surface area contributed by atoms with E-state index in [4.69, 9.17) is 31.2 Å². The van der Waals surface area contributed by atoms with Crippen molar-refractivity contribution in [2.45, 2.75) is 12.6 Å². The van der Waals surface area contributed by atoms with Crippen LogP contribution in [0.3, 0.4) is 0 Å². The lowest BCUT2D eigenvalue weighted by atomic mass is 10.4. The maximum atomic E-state index is 11.1. The predicted molar refractivity (Wildman–Crippen MR) is 84.8 cm³/mol. The van der Waals surface area contributed by atoms with Crippen LogP contribution in [0.4, 0.5) is 5.82 Å². The van der Waals surface area contributed by atoms with E-state index >= 15 is 0 Å². The first-order chi connectivity index (χ1) is 11.5. The molecular formula is C9H14ClN5O8P2. The number of imidazole rings is 1. The van der Waals surface area contributed by atoms with Crippen LogP contribution in [0.1, 0.15) is 0 Å². The van der Waals surface area contributed by atoms with Gasteiger partial charge in [0.2, 0.25) is 5.28 Å². The summed E-state index contributed by atoms with van der Waals surface area (Å²) in [5, 5.41) is 2.67. The third-order valence-electron chi connectivity index (χ3n) is 2.79. The lowest BCUT2D eigenvalue weighted by molar-refractivity contribution is 0.0639. The lowest BCUT2D eigenvalue weighted by Gasteiger charge is -2.19. The van der Waals surface area contributed by atoms with Gasteiger partial charge in [0.05, 0.1) is 19.5 Å². The van der Waals surface area contributed by atoms with Crippen molar-refractivity contribution in [3.63, 3.8) is 0 Å². The van der Waals surface area contributed by atoms with Crippen molar-refractivity contribution in [2.24, 2.45) is 0 Å². The van der Waals surface area contributed by atoms with Crippen LogP contribution in [0.5, 0.6) is 0 Å². The maximum absolute atomic E-state index is 11.1. The Kier molecular flexibility index (Phi) is 6.15. The van der Waals surface area contributed by atoms with Gasteiger partial charge in [-0.1, -0.05) is 0 Å². The molecule has 0 bridgehead atoms.